The molecule has 0 saturated carbocycles. The summed E-state index contributed by atoms with van der Waals surface area (Å²) in [6.45, 7) is 8.55. The van der Waals surface area contributed by atoms with Crippen molar-refractivity contribution in [3.63, 3.8) is 0 Å². The van der Waals surface area contributed by atoms with Crippen LogP contribution in [-0.2, 0) is 17.7 Å². The Morgan fingerprint density at radius 3 is 3.00 bits per heavy atom. The van der Waals surface area contributed by atoms with Crippen molar-refractivity contribution in [1.82, 2.24) is 9.88 Å². The van der Waals surface area contributed by atoms with Crippen LogP contribution in [0.1, 0.15) is 43.0 Å². The second kappa shape index (κ2) is 4.98. The van der Waals surface area contributed by atoms with E-state index in [1.54, 1.807) is 0 Å². The lowest BCUT2D eigenvalue weighted by Crippen LogP contribution is -2.37. The second-order valence-electron chi connectivity index (χ2n) is 5.59. The minimum Gasteiger partial charge on any atom is -0.380 e. The Balaban J connectivity index is 1.79. The SMILES string of the molecule is CCC(C)N1CCc2ncc(C3COC3)cc2C1. The van der Waals surface area contributed by atoms with Gasteiger partial charge in [0.2, 0.25) is 0 Å². The summed E-state index contributed by atoms with van der Waals surface area (Å²) in [7, 11) is 0. The van der Waals surface area contributed by atoms with Crippen molar-refractivity contribution in [3.05, 3.63) is 29.1 Å². The molecule has 0 aliphatic carbocycles. The molecule has 18 heavy (non-hydrogen) atoms. The maximum Gasteiger partial charge on any atom is 0.0557 e. The quantitative estimate of drug-likeness (QED) is 0.818. The molecule has 0 spiro atoms. The molecule has 0 radical (unpaired) electrons. The molecule has 3 heteroatoms. The zero-order valence-electron chi connectivity index (χ0n) is 11.4. The lowest BCUT2D eigenvalue weighted by molar-refractivity contribution is 0.00819. The molecule has 1 atom stereocenters. The van der Waals surface area contributed by atoms with Gasteiger partial charge in [-0.3, -0.25) is 9.88 Å². The van der Waals surface area contributed by atoms with Crippen LogP contribution >= 0.6 is 0 Å². The van der Waals surface area contributed by atoms with Crippen molar-refractivity contribution < 1.29 is 4.74 Å². The van der Waals surface area contributed by atoms with Crippen LogP contribution in [0.25, 0.3) is 0 Å². The van der Waals surface area contributed by atoms with E-state index in [0.717, 1.165) is 32.7 Å². The molecule has 98 valence electrons. The number of hydrogen-bond donors (Lipinski definition) is 0. The second-order valence-corrected chi connectivity index (χ2v) is 5.59. The summed E-state index contributed by atoms with van der Waals surface area (Å²) in [4.78, 5) is 7.23. The van der Waals surface area contributed by atoms with Crippen LogP contribution in [0.4, 0.5) is 0 Å². The van der Waals surface area contributed by atoms with Gasteiger partial charge in [0.1, 0.15) is 0 Å². The van der Waals surface area contributed by atoms with Gasteiger partial charge < -0.3 is 4.74 Å². The van der Waals surface area contributed by atoms with Gasteiger partial charge in [-0.2, -0.15) is 0 Å². The van der Waals surface area contributed by atoms with Gasteiger partial charge in [-0.05, 0) is 24.5 Å². The lowest BCUT2D eigenvalue weighted by atomic mass is 9.95. The maximum absolute atomic E-state index is 5.27. The average Bonchev–Trinajstić information content (AvgIpc) is 2.35. The van der Waals surface area contributed by atoms with Gasteiger partial charge in [0.25, 0.3) is 0 Å². The molecule has 3 heterocycles. The smallest absolute Gasteiger partial charge is 0.0557 e. The van der Waals surface area contributed by atoms with Crippen LogP contribution in [0.5, 0.6) is 0 Å². The Labute approximate surface area is 109 Å². The average molecular weight is 246 g/mol. The maximum atomic E-state index is 5.27. The first-order valence-electron chi connectivity index (χ1n) is 7.07. The summed E-state index contributed by atoms with van der Waals surface area (Å²) in [6, 6.07) is 3.04. The summed E-state index contributed by atoms with van der Waals surface area (Å²) in [5.74, 6) is 0.585. The van der Waals surface area contributed by atoms with Crippen molar-refractivity contribution in [1.29, 1.82) is 0 Å². The van der Waals surface area contributed by atoms with Gasteiger partial charge >= 0.3 is 0 Å². The number of aromatic nitrogens is 1. The molecule has 1 saturated heterocycles. The van der Waals surface area contributed by atoms with Gasteiger partial charge in [-0.15, -0.1) is 0 Å². The van der Waals surface area contributed by atoms with Gasteiger partial charge in [0, 0.05) is 43.4 Å². The van der Waals surface area contributed by atoms with E-state index in [1.807, 2.05) is 0 Å². The highest BCUT2D eigenvalue weighted by molar-refractivity contribution is 5.30. The number of rotatable bonds is 3. The Bertz CT molecular complexity index is 429. The van der Waals surface area contributed by atoms with Crippen molar-refractivity contribution >= 4 is 0 Å². The summed E-state index contributed by atoms with van der Waals surface area (Å²) in [5, 5.41) is 0. The molecule has 2 aliphatic heterocycles. The Hall–Kier alpha value is -0.930. The third-order valence-corrected chi connectivity index (χ3v) is 4.41. The van der Waals surface area contributed by atoms with Crippen LogP contribution in [0.3, 0.4) is 0 Å². The molecule has 1 fully saturated rings. The topological polar surface area (TPSA) is 25.4 Å². The van der Waals surface area contributed by atoms with E-state index in [-0.39, 0.29) is 0 Å². The van der Waals surface area contributed by atoms with E-state index in [0.29, 0.717) is 12.0 Å². The highest BCUT2D eigenvalue weighted by Gasteiger charge is 2.25. The fourth-order valence-corrected chi connectivity index (χ4v) is 2.75. The number of hydrogen-bond acceptors (Lipinski definition) is 3. The Morgan fingerprint density at radius 1 is 1.50 bits per heavy atom. The minimum atomic E-state index is 0.585. The molecule has 3 rings (SSSR count). The van der Waals surface area contributed by atoms with Crippen LogP contribution in [-0.4, -0.2) is 35.7 Å². The highest BCUT2D eigenvalue weighted by Crippen LogP contribution is 2.27. The normalized spacial score (nSPS) is 22.3. The first kappa shape index (κ1) is 12.1. The third kappa shape index (κ3) is 2.17. The van der Waals surface area contributed by atoms with Gasteiger partial charge in [-0.25, -0.2) is 0 Å². The molecule has 0 aromatic carbocycles. The van der Waals surface area contributed by atoms with Crippen LogP contribution < -0.4 is 0 Å². The van der Waals surface area contributed by atoms with E-state index in [1.165, 1.54) is 23.2 Å². The van der Waals surface area contributed by atoms with Crippen molar-refractivity contribution in [2.45, 2.75) is 45.2 Å². The number of nitrogens with zero attached hydrogens (tertiary/aromatic N) is 2. The Kier molecular flexibility index (Phi) is 3.35. The van der Waals surface area contributed by atoms with Gasteiger partial charge in [0.05, 0.1) is 13.2 Å². The first-order valence-corrected chi connectivity index (χ1v) is 7.07. The van der Waals surface area contributed by atoms with E-state index in [4.69, 9.17) is 4.74 Å². The predicted molar refractivity (Wildman–Crippen MR) is 71.7 cm³/mol. The molecule has 1 aromatic rings. The summed E-state index contributed by atoms with van der Waals surface area (Å²) in [6.07, 6.45) is 4.38. The van der Waals surface area contributed by atoms with Crippen molar-refractivity contribution in [2.24, 2.45) is 0 Å². The molecule has 0 bridgehead atoms. The number of fused-ring (bicyclic) bond motifs is 1. The molecule has 2 aliphatic rings. The van der Waals surface area contributed by atoms with Crippen LogP contribution in [0.2, 0.25) is 0 Å². The third-order valence-electron chi connectivity index (χ3n) is 4.41. The van der Waals surface area contributed by atoms with E-state index >= 15 is 0 Å². The molecule has 1 unspecified atom stereocenters. The predicted octanol–water partition coefficient (Wildman–Crippen LogP) is 2.35. The first-order chi connectivity index (χ1) is 8.78. The highest BCUT2D eigenvalue weighted by atomic mass is 16.5. The Morgan fingerprint density at radius 2 is 2.33 bits per heavy atom. The number of pyridine rings is 1. The van der Waals surface area contributed by atoms with Gasteiger partial charge in [-0.1, -0.05) is 13.0 Å². The standard InChI is InChI=1S/C15H22N2O/c1-3-11(2)17-5-4-15-13(8-17)6-12(7-16-15)14-9-18-10-14/h6-7,11,14H,3-5,8-10H2,1-2H3. The molecule has 0 N–H and O–H groups in total. The fourth-order valence-electron chi connectivity index (χ4n) is 2.75. The molecular weight excluding hydrogens is 224 g/mol. The largest absolute Gasteiger partial charge is 0.380 e. The fraction of sp³-hybridized carbons (Fsp3) is 0.667. The summed E-state index contributed by atoms with van der Waals surface area (Å²) in [5.41, 5.74) is 4.11. The molecule has 3 nitrogen and oxygen atoms in total. The minimum absolute atomic E-state index is 0.585. The monoisotopic (exact) mass is 246 g/mol. The molecule has 0 amide bonds. The van der Waals surface area contributed by atoms with E-state index in [2.05, 4.69) is 36.0 Å². The molecule has 1 aromatic heterocycles. The summed E-state index contributed by atoms with van der Waals surface area (Å²) >= 11 is 0. The van der Waals surface area contributed by atoms with E-state index < -0.39 is 0 Å². The van der Waals surface area contributed by atoms with Crippen LogP contribution in [0, 0.1) is 0 Å². The summed E-state index contributed by atoms with van der Waals surface area (Å²) < 4.78 is 5.27. The van der Waals surface area contributed by atoms with Gasteiger partial charge in [0.15, 0.2) is 0 Å². The van der Waals surface area contributed by atoms with Crippen molar-refractivity contribution in [3.8, 4) is 0 Å². The van der Waals surface area contributed by atoms with Crippen LogP contribution in [0.15, 0.2) is 12.3 Å². The van der Waals surface area contributed by atoms with E-state index in [9.17, 15) is 0 Å². The zero-order valence-corrected chi connectivity index (χ0v) is 11.4. The molecular formula is C15H22N2O. The van der Waals surface area contributed by atoms with Crippen molar-refractivity contribution in [2.75, 3.05) is 19.8 Å². The zero-order chi connectivity index (χ0) is 12.5. The number of ether oxygens (including phenoxy) is 1. The lowest BCUT2D eigenvalue weighted by Gasteiger charge is -2.34.